The molecule has 26 heavy (non-hydrogen) atoms. The number of halogens is 1. The molecule has 140 valence electrons. The van der Waals surface area contributed by atoms with Crippen molar-refractivity contribution in [3.63, 3.8) is 0 Å². The predicted molar refractivity (Wildman–Crippen MR) is 108 cm³/mol. The summed E-state index contributed by atoms with van der Waals surface area (Å²) < 4.78 is 10.8. The Kier molecular flexibility index (Phi) is 5.94. The molecule has 1 aliphatic heterocycles. The number of benzene rings is 2. The van der Waals surface area contributed by atoms with Crippen molar-refractivity contribution >= 4 is 17.3 Å². The van der Waals surface area contributed by atoms with E-state index in [9.17, 15) is 0 Å². The summed E-state index contributed by atoms with van der Waals surface area (Å²) in [5.41, 5.74) is 5.05. The molecular formula is C21H27ClN2O2. The topological polar surface area (TPSA) is 24.9 Å². The second kappa shape index (κ2) is 8.19. The van der Waals surface area contributed by atoms with Gasteiger partial charge in [0.25, 0.3) is 0 Å². The van der Waals surface area contributed by atoms with Crippen LogP contribution in [0.25, 0.3) is 0 Å². The van der Waals surface area contributed by atoms with Gasteiger partial charge in [0.15, 0.2) is 11.5 Å². The van der Waals surface area contributed by atoms with E-state index in [0.717, 1.165) is 49.2 Å². The molecule has 0 radical (unpaired) electrons. The van der Waals surface area contributed by atoms with Crippen molar-refractivity contribution in [2.75, 3.05) is 45.3 Å². The van der Waals surface area contributed by atoms with Gasteiger partial charge in [-0.05, 0) is 54.8 Å². The van der Waals surface area contributed by atoms with Crippen molar-refractivity contribution in [3.8, 4) is 11.5 Å². The first-order valence-electron chi connectivity index (χ1n) is 8.96. The molecule has 0 bridgehead atoms. The van der Waals surface area contributed by atoms with E-state index in [1.807, 2.05) is 6.07 Å². The molecule has 1 saturated heterocycles. The summed E-state index contributed by atoms with van der Waals surface area (Å²) in [5.74, 6) is 1.58. The average Bonchev–Trinajstić information content (AvgIpc) is 2.65. The van der Waals surface area contributed by atoms with Gasteiger partial charge >= 0.3 is 0 Å². The normalized spacial score (nSPS) is 15.2. The summed E-state index contributed by atoms with van der Waals surface area (Å²) >= 11 is 6.18. The van der Waals surface area contributed by atoms with Crippen LogP contribution >= 0.6 is 11.6 Å². The molecule has 0 saturated carbocycles. The quantitative estimate of drug-likeness (QED) is 0.779. The third kappa shape index (κ3) is 4.08. The summed E-state index contributed by atoms with van der Waals surface area (Å²) in [5, 5.41) is 0.800. The minimum Gasteiger partial charge on any atom is -0.493 e. The van der Waals surface area contributed by atoms with Gasteiger partial charge in [0, 0.05) is 43.4 Å². The van der Waals surface area contributed by atoms with Gasteiger partial charge < -0.3 is 14.4 Å². The largest absolute Gasteiger partial charge is 0.493 e. The van der Waals surface area contributed by atoms with Crippen LogP contribution in [-0.2, 0) is 6.54 Å². The Balaban J connectivity index is 1.67. The monoisotopic (exact) mass is 374 g/mol. The third-order valence-electron chi connectivity index (χ3n) is 5.12. The molecule has 0 amide bonds. The Bertz CT molecular complexity index is 771. The Morgan fingerprint density at radius 3 is 2.19 bits per heavy atom. The molecule has 2 aromatic rings. The summed E-state index contributed by atoms with van der Waals surface area (Å²) in [4.78, 5) is 4.92. The van der Waals surface area contributed by atoms with E-state index in [-0.39, 0.29) is 0 Å². The lowest BCUT2D eigenvalue weighted by Gasteiger charge is -2.37. The number of hydrogen-bond donors (Lipinski definition) is 0. The molecule has 4 nitrogen and oxygen atoms in total. The van der Waals surface area contributed by atoms with E-state index in [1.165, 1.54) is 22.4 Å². The molecule has 3 rings (SSSR count). The third-order valence-corrected chi connectivity index (χ3v) is 5.36. The van der Waals surface area contributed by atoms with Crippen LogP contribution in [0.15, 0.2) is 30.3 Å². The standard InChI is InChI=1S/C21H27ClN2O2/c1-15-5-6-18(22)13-19(15)24-9-7-23(8-10-24)14-17-12-21(26-4)20(25-3)11-16(17)2/h5-6,11-13H,7-10,14H2,1-4H3. The van der Waals surface area contributed by atoms with E-state index < -0.39 is 0 Å². The van der Waals surface area contributed by atoms with Crippen LogP contribution in [0.2, 0.25) is 5.02 Å². The van der Waals surface area contributed by atoms with Crippen LogP contribution in [0.5, 0.6) is 11.5 Å². The highest BCUT2D eigenvalue weighted by Crippen LogP contribution is 2.31. The highest BCUT2D eigenvalue weighted by Gasteiger charge is 2.20. The Hall–Kier alpha value is -1.91. The van der Waals surface area contributed by atoms with E-state index in [1.54, 1.807) is 14.2 Å². The van der Waals surface area contributed by atoms with Gasteiger partial charge in [0.1, 0.15) is 0 Å². The number of aryl methyl sites for hydroxylation is 2. The molecule has 2 aromatic carbocycles. The Morgan fingerprint density at radius 1 is 0.885 bits per heavy atom. The number of hydrogen-bond acceptors (Lipinski definition) is 4. The molecule has 1 heterocycles. The van der Waals surface area contributed by atoms with Gasteiger partial charge in [-0.1, -0.05) is 17.7 Å². The molecular weight excluding hydrogens is 348 g/mol. The maximum atomic E-state index is 6.18. The number of nitrogens with zero attached hydrogens (tertiary/aromatic N) is 2. The van der Waals surface area contributed by atoms with Gasteiger partial charge in [-0.2, -0.15) is 0 Å². The zero-order valence-electron chi connectivity index (χ0n) is 16.0. The van der Waals surface area contributed by atoms with E-state index in [4.69, 9.17) is 21.1 Å². The van der Waals surface area contributed by atoms with Crippen LogP contribution in [0.1, 0.15) is 16.7 Å². The fourth-order valence-corrected chi connectivity index (χ4v) is 3.67. The molecule has 0 atom stereocenters. The van der Waals surface area contributed by atoms with Crippen molar-refractivity contribution in [1.29, 1.82) is 0 Å². The molecule has 0 unspecified atom stereocenters. The SMILES string of the molecule is COc1cc(C)c(CN2CCN(c3cc(Cl)ccc3C)CC2)cc1OC. The smallest absolute Gasteiger partial charge is 0.161 e. The number of piperazine rings is 1. The van der Waals surface area contributed by atoms with Crippen molar-refractivity contribution in [2.24, 2.45) is 0 Å². The fourth-order valence-electron chi connectivity index (χ4n) is 3.50. The fraction of sp³-hybridized carbons (Fsp3) is 0.429. The van der Waals surface area contributed by atoms with Gasteiger partial charge in [-0.25, -0.2) is 0 Å². The van der Waals surface area contributed by atoms with Crippen LogP contribution in [0, 0.1) is 13.8 Å². The zero-order valence-corrected chi connectivity index (χ0v) is 16.8. The number of rotatable bonds is 5. The van der Waals surface area contributed by atoms with Crippen molar-refractivity contribution in [1.82, 2.24) is 4.90 Å². The van der Waals surface area contributed by atoms with Crippen LogP contribution in [0.3, 0.4) is 0 Å². The number of anilines is 1. The average molecular weight is 375 g/mol. The molecule has 1 aliphatic rings. The lowest BCUT2D eigenvalue weighted by Crippen LogP contribution is -2.46. The van der Waals surface area contributed by atoms with E-state index in [2.05, 4.69) is 47.9 Å². The zero-order chi connectivity index (χ0) is 18.7. The molecule has 0 N–H and O–H groups in total. The Morgan fingerprint density at radius 2 is 1.54 bits per heavy atom. The van der Waals surface area contributed by atoms with Gasteiger partial charge in [-0.15, -0.1) is 0 Å². The Labute approximate surface area is 161 Å². The van der Waals surface area contributed by atoms with E-state index >= 15 is 0 Å². The van der Waals surface area contributed by atoms with Crippen molar-refractivity contribution in [2.45, 2.75) is 20.4 Å². The van der Waals surface area contributed by atoms with E-state index in [0.29, 0.717) is 0 Å². The summed E-state index contributed by atoms with van der Waals surface area (Å²) in [6.45, 7) is 9.27. The first-order chi connectivity index (χ1) is 12.5. The second-order valence-electron chi connectivity index (χ2n) is 6.83. The van der Waals surface area contributed by atoms with Crippen LogP contribution in [-0.4, -0.2) is 45.3 Å². The first kappa shape index (κ1) is 18.9. The highest BCUT2D eigenvalue weighted by molar-refractivity contribution is 6.30. The first-order valence-corrected chi connectivity index (χ1v) is 9.34. The lowest BCUT2D eigenvalue weighted by atomic mass is 10.1. The van der Waals surface area contributed by atoms with Crippen LogP contribution < -0.4 is 14.4 Å². The number of methoxy groups -OCH3 is 2. The number of ether oxygens (including phenoxy) is 2. The maximum absolute atomic E-state index is 6.18. The summed E-state index contributed by atoms with van der Waals surface area (Å²) in [6.07, 6.45) is 0. The highest BCUT2D eigenvalue weighted by atomic mass is 35.5. The van der Waals surface area contributed by atoms with Crippen molar-refractivity contribution < 1.29 is 9.47 Å². The summed E-state index contributed by atoms with van der Waals surface area (Å²) in [7, 11) is 3.36. The predicted octanol–water partition coefficient (Wildman–Crippen LogP) is 4.30. The molecule has 0 aromatic heterocycles. The van der Waals surface area contributed by atoms with Gasteiger partial charge in [0.2, 0.25) is 0 Å². The summed E-state index contributed by atoms with van der Waals surface area (Å²) in [6, 6.07) is 10.3. The lowest BCUT2D eigenvalue weighted by molar-refractivity contribution is 0.248. The molecule has 5 heteroatoms. The van der Waals surface area contributed by atoms with Crippen molar-refractivity contribution in [3.05, 3.63) is 52.0 Å². The molecule has 0 spiro atoms. The van der Waals surface area contributed by atoms with Crippen LogP contribution in [0.4, 0.5) is 5.69 Å². The molecule has 0 aliphatic carbocycles. The van der Waals surface area contributed by atoms with Gasteiger partial charge in [-0.3, -0.25) is 4.90 Å². The second-order valence-corrected chi connectivity index (χ2v) is 7.26. The minimum absolute atomic E-state index is 0.787. The minimum atomic E-state index is 0.787. The van der Waals surface area contributed by atoms with Gasteiger partial charge in [0.05, 0.1) is 14.2 Å². The maximum Gasteiger partial charge on any atom is 0.161 e. The molecule has 1 fully saturated rings.